The molecule has 7 heteroatoms. The predicted molar refractivity (Wildman–Crippen MR) is 109 cm³/mol. The molecule has 0 radical (unpaired) electrons. The summed E-state index contributed by atoms with van der Waals surface area (Å²) in [5.41, 5.74) is 3.99. The average Bonchev–Trinajstić information content (AvgIpc) is 3.11. The number of hydrogen-bond donors (Lipinski definition) is 3. The van der Waals surface area contributed by atoms with E-state index in [0.29, 0.717) is 16.4 Å². The van der Waals surface area contributed by atoms with Gasteiger partial charge in [-0.1, -0.05) is 23.8 Å². The van der Waals surface area contributed by atoms with Crippen LogP contribution in [0.5, 0.6) is 11.5 Å². The van der Waals surface area contributed by atoms with E-state index in [4.69, 9.17) is 0 Å². The number of nitrogens with zero attached hydrogens (tertiary/aromatic N) is 2. The van der Waals surface area contributed by atoms with Gasteiger partial charge in [-0.05, 0) is 49.2 Å². The fourth-order valence-corrected chi connectivity index (χ4v) is 3.32. The Balaban J connectivity index is 1.80. The number of rotatable bonds is 4. The minimum absolute atomic E-state index is 0.0222. The highest BCUT2D eigenvalue weighted by Gasteiger charge is 2.14. The first-order valence-electron chi connectivity index (χ1n) is 8.35. The van der Waals surface area contributed by atoms with E-state index in [1.165, 1.54) is 23.5 Å². The van der Waals surface area contributed by atoms with Gasteiger partial charge in [0, 0.05) is 10.9 Å². The van der Waals surface area contributed by atoms with E-state index in [-0.39, 0.29) is 17.1 Å². The van der Waals surface area contributed by atoms with Crippen molar-refractivity contribution in [2.75, 3.05) is 5.32 Å². The zero-order valence-corrected chi connectivity index (χ0v) is 16.0. The largest absolute Gasteiger partial charge is 0.504 e. The summed E-state index contributed by atoms with van der Waals surface area (Å²) in [7, 11) is 0. The number of nitrogens with one attached hydrogen (secondary N) is 1. The molecule has 0 unspecified atom stereocenters. The zero-order chi connectivity index (χ0) is 20.3. The van der Waals surface area contributed by atoms with Crippen LogP contribution >= 0.6 is 11.3 Å². The van der Waals surface area contributed by atoms with Crippen molar-refractivity contribution in [3.05, 3.63) is 64.0 Å². The first-order chi connectivity index (χ1) is 13.4. The number of hydrogen-bond acceptors (Lipinski definition) is 6. The molecule has 0 atom stereocenters. The number of aryl methyl sites for hydroxylation is 2. The van der Waals surface area contributed by atoms with Crippen LogP contribution in [0.3, 0.4) is 0 Å². The topological polar surface area (TPSA) is 106 Å². The molecule has 1 heterocycles. The standard InChI is InChI=1S/C21H17N3O3S/c1-12-3-4-14(13(2)7-12)8-16(10-22)20(27)24-21-23-17(11-28-21)15-5-6-18(25)19(26)9-15/h3-9,11,25-26H,1-2H3,(H,23,24,27)/b16-8+. The number of thiazole rings is 1. The van der Waals surface area contributed by atoms with Crippen LogP contribution in [0, 0.1) is 25.2 Å². The minimum atomic E-state index is -0.545. The number of aromatic nitrogens is 1. The van der Waals surface area contributed by atoms with E-state index in [9.17, 15) is 20.3 Å². The van der Waals surface area contributed by atoms with Gasteiger partial charge >= 0.3 is 0 Å². The molecular weight excluding hydrogens is 374 g/mol. The quantitative estimate of drug-likeness (QED) is 0.348. The van der Waals surface area contributed by atoms with Crippen LogP contribution in [0.15, 0.2) is 47.4 Å². The molecule has 1 aromatic heterocycles. The van der Waals surface area contributed by atoms with Crippen molar-refractivity contribution in [2.24, 2.45) is 0 Å². The molecule has 3 N–H and O–H groups in total. The van der Waals surface area contributed by atoms with Gasteiger partial charge in [-0.15, -0.1) is 11.3 Å². The molecule has 3 rings (SSSR count). The molecule has 0 aliphatic rings. The molecule has 0 spiro atoms. The Hall–Kier alpha value is -3.63. The van der Waals surface area contributed by atoms with Gasteiger partial charge in [-0.2, -0.15) is 5.26 Å². The third kappa shape index (κ3) is 4.19. The second kappa shape index (κ2) is 7.94. The van der Waals surface area contributed by atoms with Gasteiger partial charge in [0.1, 0.15) is 11.6 Å². The van der Waals surface area contributed by atoms with Gasteiger partial charge in [-0.25, -0.2) is 4.98 Å². The van der Waals surface area contributed by atoms with Crippen LogP contribution in [0.1, 0.15) is 16.7 Å². The number of nitriles is 1. The number of carbonyl (C=O) groups excluding carboxylic acids is 1. The normalized spacial score (nSPS) is 11.1. The molecule has 0 bridgehead atoms. The molecule has 0 aliphatic carbocycles. The van der Waals surface area contributed by atoms with Crippen molar-refractivity contribution < 1.29 is 15.0 Å². The van der Waals surface area contributed by atoms with Crippen LogP contribution in [0.25, 0.3) is 17.3 Å². The summed E-state index contributed by atoms with van der Waals surface area (Å²) in [6.07, 6.45) is 1.55. The molecule has 0 saturated heterocycles. The Labute approximate surface area is 166 Å². The third-order valence-electron chi connectivity index (χ3n) is 4.09. The Bertz CT molecular complexity index is 1130. The number of aromatic hydroxyl groups is 2. The highest BCUT2D eigenvalue weighted by molar-refractivity contribution is 7.14. The average molecular weight is 391 g/mol. The molecule has 1 amide bonds. The summed E-state index contributed by atoms with van der Waals surface area (Å²) in [6.45, 7) is 3.90. The van der Waals surface area contributed by atoms with Gasteiger partial charge in [0.15, 0.2) is 16.6 Å². The molecule has 28 heavy (non-hydrogen) atoms. The first-order valence-corrected chi connectivity index (χ1v) is 9.23. The Morgan fingerprint density at radius 3 is 2.64 bits per heavy atom. The van der Waals surface area contributed by atoms with E-state index >= 15 is 0 Å². The minimum Gasteiger partial charge on any atom is -0.504 e. The van der Waals surface area contributed by atoms with Crippen LogP contribution in [-0.4, -0.2) is 21.1 Å². The summed E-state index contributed by atoms with van der Waals surface area (Å²) in [6, 6.07) is 12.1. The van der Waals surface area contributed by atoms with Crippen molar-refractivity contribution in [1.29, 1.82) is 5.26 Å². The maximum Gasteiger partial charge on any atom is 0.268 e. The molecule has 0 saturated carbocycles. The fraction of sp³-hybridized carbons (Fsp3) is 0.0952. The number of benzene rings is 2. The molecule has 3 aromatic rings. The van der Waals surface area contributed by atoms with E-state index in [1.807, 2.05) is 38.1 Å². The second-order valence-corrected chi connectivity index (χ2v) is 7.08. The van der Waals surface area contributed by atoms with Gasteiger partial charge in [0.25, 0.3) is 5.91 Å². The lowest BCUT2D eigenvalue weighted by molar-refractivity contribution is -0.112. The number of phenolic OH excluding ortho intramolecular Hbond substituents is 2. The number of carbonyl (C=O) groups is 1. The summed E-state index contributed by atoms with van der Waals surface area (Å²) < 4.78 is 0. The second-order valence-electron chi connectivity index (χ2n) is 6.23. The van der Waals surface area contributed by atoms with E-state index in [2.05, 4.69) is 10.3 Å². The first kappa shape index (κ1) is 19.1. The SMILES string of the molecule is Cc1ccc(/C=C(\C#N)C(=O)Nc2nc(-c3ccc(O)c(O)c3)cs2)c(C)c1. The van der Waals surface area contributed by atoms with Crippen molar-refractivity contribution in [2.45, 2.75) is 13.8 Å². The zero-order valence-electron chi connectivity index (χ0n) is 15.2. The molecule has 140 valence electrons. The van der Waals surface area contributed by atoms with Crippen molar-refractivity contribution in [1.82, 2.24) is 4.98 Å². The van der Waals surface area contributed by atoms with E-state index in [1.54, 1.807) is 17.5 Å². The van der Waals surface area contributed by atoms with Gasteiger partial charge in [0.05, 0.1) is 5.69 Å². The Kier molecular flexibility index (Phi) is 5.43. The Morgan fingerprint density at radius 2 is 1.96 bits per heavy atom. The lowest BCUT2D eigenvalue weighted by atomic mass is 10.0. The van der Waals surface area contributed by atoms with Gasteiger partial charge in [-0.3, -0.25) is 10.1 Å². The lowest BCUT2D eigenvalue weighted by Gasteiger charge is -2.04. The predicted octanol–water partition coefficient (Wildman–Crippen LogP) is 4.38. The monoisotopic (exact) mass is 391 g/mol. The number of anilines is 1. The van der Waals surface area contributed by atoms with Crippen LogP contribution in [-0.2, 0) is 4.79 Å². The molecule has 0 aliphatic heterocycles. The van der Waals surface area contributed by atoms with Crippen molar-refractivity contribution in [3.63, 3.8) is 0 Å². The molecular formula is C21H17N3O3S. The summed E-state index contributed by atoms with van der Waals surface area (Å²) in [5, 5.41) is 33.0. The molecule has 2 aromatic carbocycles. The number of phenols is 2. The fourth-order valence-electron chi connectivity index (χ4n) is 2.60. The highest BCUT2D eigenvalue weighted by atomic mass is 32.1. The van der Waals surface area contributed by atoms with Crippen molar-refractivity contribution >= 4 is 28.5 Å². The van der Waals surface area contributed by atoms with Crippen LogP contribution < -0.4 is 5.32 Å². The van der Waals surface area contributed by atoms with Crippen LogP contribution in [0.4, 0.5) is 5.13 Å². The maximum atomic E-state index is 12.5. The van der Waals surface area contributed by atoms with E-state index < -0.39 is 5.91 Å². The van der Waals surface area contributed by atoms with Gasteiger partial charge in [0.2, 0.25) is 0 Å². The van der Waals surface area contributed by atoms with Gasteiger partial charge < -0.3 is 10.2 Å². The smallest absolute Gasteiger partial charge is 0.268 e. The summed E-state index contributed by atoms with van der Waals surface area (Å²) in [5.74, 6) is -1.01. The third-order valence-corrected chi connectivity index (χ3v) is 4.84. The number of amides is 1. The maximum absolute atomic E-state index is 12.5. The van der Waals surface area contributed by atoms with Crippen LogP contribution in [0.2, 0.25) is 0 Å². The highest BCUT2D eigenvalue weighted by Crippen LogP contribution is 2.32. The van der Waals surface area contributed by atoms with E-state index in [0.717, 1.165) is 16.7 Å². The Morgan fingerprint density at radius 1 is 1.18 bits per heavy atom. The van der Waals surface area contributed by atoms with Crippen molar-refractivity contribution in [3.8, 4) is 28.8 Å². The molecule has 6 nitrogen and oxygen atoms in total. The summed E-state index contributed by atoms with van der Waals surface area (Å²) >= 11 is 1.20. The molecule has 0 fully saturated rings. The summed E-state index contributed by atoms with van der Waals surface area (Å²) in [4.78, 5) is 16.8. The lowest BCUT2D eigenvalue weighted by Crippen LogP contribution is -2.13.